The van der Waals surface area contributed by atoms with Crippen LogP contribution in [0.25, 0.3) is 37.9 Å². The number of benzene rings is 2. The number of thioether (sulfide) groups is 1. The van der Waals surface area contributed by atoms with Crippen LogP contribution in [0, 0.1) is 0 Å². The van der Waals surface area contributed by atoms with Crippen LogP contribution in [0.4, 0.5) is 4.79 Å². The number of aromatic nitrogens is 3. The van der Waals surface area contributed by atoms with Gasteiger partial charge in [0, 0.05) is 27.3 Å². The van der Waals surface area contributed by atoms with Gasteiger partial charge in [0.25, 0.3) is 11.1 Å². The van der Waals surface area contributed by atoms with Crippen LogP contribution < -0.4 is 0 Å². The van der Waals surface area contributed by atoms with Gasteiger partial charge in [0.05, 0.1) is 22.8 Å². The summed E-state index contributed by atoms with van der Waals surface area (Å²) >= 11 is 5.45. The number of rotatable bonds is 6. The molecule has 0 unspecified atom stereocenters. The van der Waals surface area contributed by atoms with Crippen molar-refractivity contribution in [1.82, 2.24) is 19.9 Å². The fourth-order valence-corrected chi connectivity index (χ4v) is 6.84. The Balaban J connectivity index is 1.16. The molecule has 1 fully saturated rings. The molecule has 0 atom stereocenters. The number of carbonyl (C=O) groups is 2. The Morgan fingerprint density at radius 1 is 0.722 bits per heavy atom. The molecular formula is C26H16N4O2S4. The zero-order chi connectivity index (χ0) is 24.5. The summed E-state index contributed by atoms with van der Waals surface area (Å²) in [4.78, 5) is 41.2. The highest BCUT2D eigenvalue weighted by Crippen LogP contribution is 2.35. The van der Waals surface area contributed by atoms with Crippen LogP contribution >= 0.6 is 45.8 Å². The van der Waals surface area contributed by atoms with Crippen LogP contribution in [-0.4, -0.2) is 31.0 Å². The highest BCUT2D eigenvalue weighted by Gasteiger charge is 2.35. The molecule has 1 aliphatic rings. The molecule has 1 saturated heterocycles. The SMILES string of the molecule is O=C1S/C(=C/c2csc(-c3ccccc3)n2)C(=O)N1Cc1csc(-c2csc(-c3ccccc3)n2)n1. The van der Waals surface area contributed by atoms with Gasteiger partial charge in [-0.1, -0.05) is 60.7 Å². The number of hydrogen-bond donors (Lipinski definition) is 0. The Bertz CT molecular complexity index is 1590. The predicted molar refractivity (Wildman–Crippen MR) is 148 cm³/mol. The summed E-state index contributed by atoms with van der Waals surface area (Å²) in [6, 6.07) is 19.9. The molecule has 0 aliphatic carbocycles. The molecule has 6 rings (SSSR count). The molecule has 3 aromatic heterocycles. The second-order valence-corrected chi connectivity index (χ2v) is 11.3. The second-order valence-electron chi connectivity index (χ2n) is 7.76. The molecule has 6 nitrogen and oxygen atoms in total. The van der Waals surface area contributed by atoms with Crippen molar-refractivity contribution < 1.29 is 9.59 Å². The average Bonchev–Trinajstić information content (AvgIpc) is 3.71. The Morgan fingerprint density at radius 3 is 2.08 bits per heavy atom. The van der Waals surface area contributed by atoms with Crippen molar-refractivity contribution in [2.75, 3.05) is 0 Å². The minimum absolute atomic E-state index is 0.126. The largest absolute Gasteiger partial charge is 0.293 e. The van der Waals surface area contributed by atoms with Crippen LogP contribution in [0.5, 0.6) is 0 Å². The van der Waals surface area contributed by atoms with Crippen molar-refractivity contribution in [3.05, 3.63) is 93.1 Å². The fourth-order valence-electron chi connectivity index (χ4n) is 3.58. The maximum Gasteiger partial charge on any atom is 0.293 e. The number of amides is 2. The lowest BCUT2D eigenvalue weighted by Crippen LogP contribution is -2.27. The Hall–Kier alpha value is -3.44. The molecule has 0 saturated carbocycles. The van der Waals surface area contributed by atoms with E-state index in [1.807, 2.05) is 76.8 Å². The van der Waals surface area contributed by atoms with Gasteiger partial charge in [-0.25, -0.2) is 15.0 Å². The highest BCUT2D eigenvalue weighted by atomic mass is 32.2. The zero-order valence-electron chi connectivity index (χ0n) is 18.5. The van der Waals surface area contributed by atoms with E-state index in [4.69, 9.17) is 4.98 Å². The van der Waals surface area contributed by atoms with Gasteiger partial charge in [-0.15, -0.1) is 34.0 Å². The molecule has 0 radical (unpaired) electrons. The monoisotopic (exact) mass is 544 g/mol. The van der Waals surface area contributed by atoms with E-state index in [9.17, 15) is 9.59 Å². The van der Waals surface area contributed by atoms with E-state index in [1.54, 1.807) is 17.4 Å². The predicted octanol–water partition coefficient (Wildman–Crippen LogP) is 7.29. The lowest BCUT2D eigenvalue weighted by Gasteiger charge is -2.09. The topological polar surface area (TPSA) is 76.1 Å². The van der Waals surface area contributed by atoms with Crippen molar-refractivity contribution in [2.45, 2.75) is 6.54 Å². The average molecular weight is 545 g/mol. The van der Waals surface area contributed by atoms with Crippen molar-refractivity contribution in [1.29, 1.82) is 0 Å². The summed E-state index contributed by atoms with van der Waals surface area (Å²) in [7, 11) is 0. The molecule has 0 spiro atoms. The summed E-state index contributed by atoms with van der Waals surface area (Å²) in [5.41, 5.74) is 4.20. The first-order chi connectivity index (χ1) is 17.6. The molecule has 10 heteroatoms. The molecule has 4 heterocycles. The molecule has 0 N–H and O–H groups in total. The lowest BCUT2D eigenvalue weighted by molar-refractivity contribution is -0.123. The van der Waals surface area contributed by atoms with Gasteiger partial charge >= 0.3 is 0 Å². The second kappa shape index (κ2) is 9.90. The summed E-state index contributed by atoms with van der Waals surface area (Å²) in [6.07, 6.45) is 1.68. The summed E-state index contributed by atoms with van der Waals surface area (Å²) < 4.78 is 0. The quantitative estimate of drug-likeness (QED) is 0.209. The van der Waals surface area contributed by atoms with E-state index in [0.29, 0.717) is 16.3 Å². The third-order valence-corrected chi connectivity index (χ3v) is 8.93. The third-order valence-electron chi connectivity index (χ3n) is 5.31. The maximum absolute atomic E-state index is 13.0. The first-order valence-electron chi connectivity index (χ1n) is 10.9. The van der Waals surface area contributed by atoms with Gasteiger partial charge in [-0.3, -0.25) is 14.5 Å². The molecule has 0 bridgehead atoms. The van der Waals surface area contributed by atoms with E-state index >= 15 is 0 Å². The molecule has 2 aromatic carbocycles. The van der Waals surface area contributed by atoms with Gasteiger partial charge in [0.2, 0.25) is 0 Å². The van der Waals surface area contributed by atoms with Crippen molar-refractivity contribution in [2.24, 2.45) is 0 Å². The van der Waals surface area contributed by atoms with Crippen LogP contribution in [0.15, 0.2) is 81.7 Å². The van der Waals surface area contributed by atoms with Crippen molar-refractivity contribution in [3.63, 3.8) is 0 Å². The fraction of sp³-hybridized carbons (Fsp3) is 0.0385. The van der Waals surface area contributed by atoms with Crippen LogP contribution in [0.2, 0.25) is 0 Å². The summed E-state index contributed by atoms with van der Waals surface area (Å²) in [5, 5.41) is 7.99. The number of nitrogens with zero attached hydrogens (tertiary/aromatic N) is 4. The first kappa shape index (κ1) is 23.0. The van der Waals surface area contributed by atoms with Gasteiger partial charge in [0.1, 0.15) is 20.7 Å². The van der Waals surface area contributed by atoms with E-state index in [2.05, 4.69) is 9.97 Å². The van der Waals surface area contributed by atoms with E-state index in [1.165, 1.54) is 27.6 Å². The van der Waals surface area contributed by atoms with Crippen molar-refractivity contribution in [3.8, 4) is 31.8 Å². The van der Waals surface area contributed by atoms with E-state index in [-0.39, 0.29) is 17.7 Å². The molecule has 2 amide bonds. The van der Waals surface area contributed by atoms with Gasteiger partial charge in [0.15, 0.2) is 0 Å². The van der Waals surface area contributed by atoms with Crippen molar-refractivity contribution >= 4 is 63.0 Å². The standard InChI is InChI=1S/C26H16N4O2S4/c31-25-21(11-18-13-33-22(27-18)16-7-3-1-4-8-16)36-26(32)30(25)12-19-14-34-24(28-19)20-15-35-23(29-20)17-9-5-2-6-10-17/h1-11,13-15H,12H2/b21-11+. The number of imide groups is 1. The minimum Gasteiger partial charge on any atom is -0.268 e. The first-order valence-corrected chi connectivity index (χ1v) is 14.3. The summed E-state index contributed by atoms with van der Waals surface area (Å²) in [5.74, 6) is -0.325. The van der Waals surface area contributed by atoms with Gasteiger partial charge in [-0.05, 0) is 17.8 Å². The molecular weight excluding hydrogens is 529 g/mol. The normalized spacial score (nSPS) is 14.8. The van der Waals surface area contributed by atoms with Gasteiger partial charge < -0.3 is 0 Å². The third kappa shape index (κ3) is 4.68. The number of hydrogen-bond acceptors (Lipinski definition) is 9. The Morgan fingerprint density at radius 2 is 1.36 bits per heavy atom. The minimum atomic E-state index is -0.325. The highest BCUT2D eigenvalue weighted by molar-refractivity contribution is 8.18. The molecule has 1 aliphatic heterocycles. The lowest BCUT2D eigenvalue weighted by atomic mass is 10.2. The van der Waals surface area contributed by atoms with Crippen LogP contribution in [-0.2, 0) is 11.3 Å². The van der Waals surface area contributed by atoms with Gasteiger partial charge in [-0.2, -0.15) is 0 Å². The van der Waals surface area contributed by atoms with E-state index < -0.39 is 0 Å². The Labute approximate surface area is 223 Å². The Kier molecular flexibility index (Phi) is 6.32. The molecule has 36 heavy (non-hydrogen) atoms. The van der Waals surface area contributed by atoms with Crippen LogP contribution in [0.3, 0.4) is 0 Å². The van der Waals surface area contributed by atoms with E-state index in [0.717, 1.165) is 43.6 Å². The zero-order valence-corrected chi connectivity index (χ0v) is 21.8. The number of thiazole rings is 3. The summed E-state index contributed by atoms with van der Waals surface area (Å²) in [6.45, 7) is 0.126. The van der Waals surface area contributed by atoms with Crippen LogP contribution in [0.1, 0.15) is 11.4 Å². The molecule has 176 valence electrons. The molecule has 5 aromatic rings. The maximum atomic E-state index is 13.0. The smallest absolute Gasteiger partial charge is 0.268 e. The number of carbonyl (C=O) groups excluding carboxylic acids is 2.